The van der Waals surface area contributed by atoms with Gasteiger partial charge in [-0.1, -0.05) is 6.58 Å². The Morgan fingerprint density at radius 2 is 2.20 bits per heavy atom. The smallest absolute Gasteiger partial charge is 0.136 e. The van der Waals surface area contributed by atoms with Crippen LogP contribution in [0, 0.1) is 0 Å². The number of rotatable bonds is 4. The topological polar surface area (TPSA) is 34.1 Å². The van der Waals surface area contributed by atoms with E-state index in [2.05, 4.69) is 16.9 Å². The van der Waals surface area contributed by atoms with Gasteiger partial charge in [-0.15, -0.1) is 0 Å². The lowest BCUT2D eigenvalue weighted by molar-refractivity contribution is 0.241. The average molecular weight is 206 g/mol. The number of nitrogens with zero attached hydrogens (tertiary/aromatic N) is 1. The maximum atomic E-state index is 5.71. The molecule has 0 radical (unpaired) electrons. The van der Waals surface area contributed by atoms with Crippen LogP contribution in [0.2, 0.25) is 0 Å². The van der Waals surface area contributed by atoms with Crippen LogP contribution in [-0.4, -0.2) is 18.1 Å². The monoisotopic (exact) mass is 206 g/mol. The molecule has 0 amide bonds. The zero-order valence-corrected chi connectivity index (χ0v) is 9.79. The van der Waals surface area contributed by atoms with E-state index in [4.69, 9.17) is 4.74 Å². The van der Waals surface area contributed by atoms with Crippen molar-refractivity contribution in [1.82, 2.24) is 4.98 Å². The normalized spacial score (nSPS) is 10.2. The molecular weight excluding hydrogens is 188 g/mol. The molecule has 82 valence electrons. The van der Waals surface area contributed by atoms with Crippen molar-refractivity contribution < 1.29 is 4.74 Å². The summed E-state index contributed by atoms with van der Waals surface area (Å²) >= 11 is 0. The summed E-state index contributed by atoms with van der Waals surface area (Å²) < 4.78 is 5.71. The molecular formula is C12H18N2O. The Hall–Kier alpha value is -1.51. The van der Waals surface area contributed by atoms with Crippen molar-refractivity contribution in [3.05, 3.63) is 24.4 Å². The standard InChI is InChI=1S/C12H18N2O/c1-8(2)11-10(15-9(3)4)6-7-14-12(11)13-5/h6-7,9H,1H2,2-5H3,(H,13,14). The lowest BCUT2D eigenvalue weighted by Gasteiger charge is -2.16. The summed E-state index contributed by atoms with van der Waals surface area (Å²) in [6.45, 7) is 9.89. The second-order valence-electron chi connectivity index (χ2n) is 3.73. The fourth-order valence-corrected chi connectivity index (χ4v) is 1.40. The predicted octanol–water partition coefficient (Wildman–Crippen LogP) is 2.94. The minimum Gasteiger partial charge on any atom is -0.490 e. The number of allylic oxidation sites excluding steroid dienone is 1. The number of anilines is 1. The summed E-state index contributed by atoms with van der Waals surface area (Å²) in [4.78, 5) is 4.23. The Bertz CT molecular complexity index is 359. The van der Waals surface area contributed by atoms with E-state index in [0.29, 0.717) is 0 Å². The van der Waals surface area contributed by atoms with Crippen LogP contribution < -0.4 is 10.1 Å². The van der Waals surface area contributed by atoms with E-state index >= 15 is 0 Å². The van der Waals surface area contributed by atoms with Crippen molar-refractivity contribution in [1.29, 1.82) is 0 Å². The SMILES string of the molecule is C=C(C)c1c(OC(C)C)ccnc1NC. The molecule has 1 aromatic rings. The molecule has 0 fully saturated rings. The summed E-state index contributed by atoms with van der Waals surface area (Å²) in [6, 6.07) is 1.87. The quantitative estimate of drug-likeness (QED) is 0.822. The summed E-state index contributed by atoms with van der Waals surface area (Å²) in [7, 11) is 1.84. The molecule has 1 aromatic heterocycles. The van der Waals surface area contributed by atoms with Gasteiger partial charge in [-0.25, -0.2) is 4.98 Å². The molecule has 3 heteroatoms. The zero-order chi connectivity index (χ0) is 11.4. The molecule has 0 unspecified atom stereocenters. The second kappa shape index (κ2) is 4.82. The Kier molecular flexibility index (Phi) is 3.72. The molecule has 1 heterocycles. The average Bonchev–Trinajstić information content (AvgIpc) is 2.15. The highest BCUT2D eigenvalue weighted by molar-refractivity contribution is 5.76. The van der Waals surface area contributed by atoms with Crippen LogP contribution in [0.5, 0.6) is 5.75 Å². The fraction of sp³-hybridized carbons (Fsp3) is 0.417. The first-order valence-corrected chi connectivity index (χ1v) is 5.05. The second-order valence-corrected chi connectivity index (χ2v) is 3.73. The van der Waals surface area contributed by atoms with E-state index in [1.54, 1.807) is 6.20 Å². The molecule has 0 atom stereocenters. The van der Waals surface area contributed by atoms with E-state index in [-0.39, 0.29) is 6.10 Å². The van der Waals surface area contributed by atoms with Crippen molar-refractivity contribution >= 4 is 11.4 Å². The van der Waals surface area contributed by atoms with Crippen molar-refractivity contribution in [2.45, 2.75) is 26.9 Å². The number of pyridine rings is 1. The number of nitrogens with one attached hydrogen (secondary N) is 1. The molecule has 0 aromatic carbocycles. The molecule has 0 spiro atoms. The summed E-state index contributed by atoms with van der Waals surface area (Å²) in [5.41, 5.74) is 1.90. The molecule has 3 nitrogen and oxygen atoms in total. The van der Waals surface area contributed by atoms with Gasteiger partial charge in [-0.2, -0.15) is 0 Å². The third kappa shape index (κ3) is 2.72. The minimum atomic E-state index is 0.148. The number of ether oxygens (including phenoxy) is 1. The van der Waals surface area contributed by atoms with Gasteiger partial charge in [0.05, 0.1) is 11.7 Å². The van der Waals surface area contributed by atoms with Crippen LogP contribution in [0.1, 0.15) is 26.3 Å². The maximum Gasteiger partial charge on any atom is 0.136 e. The minimum absolute atomic E-state index is 0.148. The van der Waals surface area contributed by atoms with Crippen molar-refractivity contribution in [3.8, 4) is 5.75 Å². The van der Waals surface area contributed by atoms with Crippen LogP contribution in [0.15, 0.2) is 18.8 Å². The summed E-state index contributed by atoms with van der Waals surface area (Å²) in [6.07, 6.45) is 1.88. The first-order chi connectivity index (χ1) is 7.06. The number of hydrogen-bond acceptors (Lipinski definition) is 3. The predicted molar refractivity (Wildman–Crippen MR) is 64.3 cm³/mol. The Balaban J connectivity index is 3.19. The van der Waals surface area contributed by atoms with Crippen LogP contribution >= 0.6 is 0 Å². The van der Waals surface area contributed by atoms with Gasteiger partial charge >= 0.3 is 0 Å². The van der Waals surface area contributed by atoms with Gasteiger partial charge in [0.25, 0.3) is 0 Å². The van der Waals surface area contributed by atoms with Gasteiger partial charge in [-0.3, -0.25) is 0 Å². The number of aromatic nitrogens is 1. The largest absolute Gasteiger partial charge is 0.490 e. The highest BCUT2D eigenvalue weighted by Gasteiger charge is 2.11. The molecule has 1 rings (SSSR count). The van der Waals surface area contributed by atoms with Crippen LogP contribution in [-0.2, 0) is 0 Å². The fourth-order valence-electron chi connectivity index (χ4n) is 1.40. The molecule has 0 aliphatic rings. The molecule has 0 aliphatic heterocycles. The zero-order valence-electron chi connectivity index (χ0n) is 9.79. The van der Waals surface area contributed by atoms with Crippen LogP contribution in [0.3, 0.4) is 0 Å². The summed E-state index contributed by atoms with van der Waals surface area (Å²) in [5.74, 6) is 1.64. The van der Waals surface area contributed by atoms with Crippen LogP contribution in [0.25, 0.3) is 5.57 Å². The lowest BCUT2D eigenvalue weighted by atomic mass is 10.1. The van der Waals surface area contributed by atoms with E-state index in [1.807, 2.05) is 33.9 Å². The van der Waals surface area contributed by atoms with Crippen LogP contribution in [0.4, 0.5) is 5.82 Å². The molecule has 1 N–H and O–H groups in total. The first-order valence-electron chi connectivity index (χ1n) is 5.05. The maximum absolute atomic E-state index is 5.71. The molecule has 0 aliphatic carbocycles. The van der Waals surface area contributed by atoms with E-state index in [9.17, 15) is 0 Å². The molecule has 0 saturated heterocycles. The number of hydrogen-bond donors (Lipinski definition) is 1. The van der Waals surface area contributed by atoms with E-state index in [1.165, 1.54) is 0 Å². The Morgan fingerprint density at radius 1 is 1.53 bits per heavy atom. The van der Waals surface area contributed by atoms with Gasteiger partial charge in [-0.05, 0) is 32.4 Å². The van der Waals surface area contributed by atoms with Gasteiger partial charge in [0.1, 0.15) is 11.6 Å². The van der Waals surface area contributed by atoms with Crippen molar-refractivity contribution in [2.75, 3.05) is 12.4 Å². The lowest BCUT2D eigenvalue weighted by Crippen LogP contribution is -2.08. The third-order valence-corrected chi connectivity index (χ3v) is 1.94. The van der Waals surface area contributed by atoms with Crippen molar-refractivity contribution in [2.24, 2.45) is 0 Å². The molecule has 15 heavy (non-hydrogen) atoms. The van der Waals surface area contributed by atoms with Crippen molar-refractivity contribution in [3.63, 3.8) is 0 Å². The van der Waals surface area contributed by atoms with Gasteiger partial charge in [0.15, 0.2) is 0 Å². The van der Waals surface area contributed by atoms with E-state index < -0.39 is 0 Å². The molecule has 0 bridgehead atoms. The highest BCUT2D eigenvalue weighted by atomic mass is 16.5. The van der Waals surface area contributed by atoms with E-state index in [0.717, 1.165) is 22.7 Å². The molecule has 0 saturated carbocycles. The van der Waals surface area contributed by atoms with Gasteiger partial charge in [0, 0.05) is 13.2 Å². The van der Waals surface area contributed by atoms with Gasteiger partial charge in [0.2, 0.25) is 0 Å². The Morgan fingerprint density at radius 3 is 2.67 bits per heavy atom. The highest BCUT2D eigenvalue weighted by Crippen LogP contribution is 2.30. The van der Waals surface area contributed by atoms with Gasteiger partial charge < -0.3 is 10.1 Å². The Labute approximate surface area is 91.2 Å². The third-order valence-electron chi connectivity index (χ3n) is 1.94. The summed E-state index contributed by atoms with van der Waals surface area (Å²) in [5, 5.41) is 3.04. The first kappa shape index (κ1) is 11.6.